The first-order valence-corrected chi connectivity index (χ1v) is 7.12. The molecule has 2 aromatic heterocycles. The van der Waals surface area contributed by atoms with Crippen LogP contribution in [0, 0.1) is 0 Å². The van der Waals surface area contributed by atoms with Crippen LogP contribution < -0.4 is 5.32 Å². The fourth-order valence-electron chi connectivity index (χ4n) is 2.04. The minimum Gasteiger partial charge on any atom is -0.308 e. The van der Waals surface area contributed by atoms with Gasteiger partial charge in [-0.3, -0.25) is 14.2 Å². The van der Waals surface area contributed by atoms with Crippen LogP contribution >= 0.6 is 11.6 Å². The van der Waals surface area contributed by atoms with E-state index >= 15 is 0 Å². The van der Waals surface area contributed by atoms with Crippen molar-refractivity contribution < 1.29 is 4.79 Å². The Morgan fingerprint density at radius 1 is 1.18 bits per heavy atom. The molecular weight excluding hydrogens is 302 g/mol. The van der Waals surface area contributed by atoms with E-state index in [1.165, 1.54) is 10.9 Å². The molecule has 6 nitrogen and oxygen atoms in total. The van der Waals surface area contributed by atoms with Crippen molar-refractivity contribution in [2.24, 2.45) is 0 Å². The van der Waals surface area contributed by atoms with Gasteiger partial charge in [-0.05, 0) is 5.56 Å². The molecule has 0 radical (unpaired) electrons. The number of aromatic nitrogens is 4. The molecule has 1 aromatic carbocycles. The monoisotopic (exact) mass is 315 g/mol. The standard InChI is InChI=1S/C15H14ClN5O/c16-13-8-17-21(10-13)11-15(22)18-14-6-7-20(19-14)9-12-4-2-1-3-5-12/h1-8,10H,9,11H2,(H,18,19,22). The molecular formula is C15H14ClN5O. The molecule has 2 heterocycles. The van der Waals surface area contributed by atoms with Gasteiger partial charge in [-0.25, -0.2) is 0 Å². The molecule has 3 aromatic rings. The molecule has 0 atom stereocenters. The number of amides is 1. The van der Waals surface area contributed by atoms with Crippen molar-refractivity contribution in [1.82, 2.24) is 19.6 Å². The molecule has 22 heavy (non-hydrogen) atoms. The predicted molar refractivity (Wildman–Crippen MR) is 83.6 cm³/mol. The highest BCUT2D eigenvalue weighted by Crippen LogP contribution is 2.07. The van der Waals surface area contributed by atoms with Crippen molar-refractivity contribution in [3.8, 4) is 0 Å². The Morgan fingerprint density at radius 2 is 2.00 bits per heavy atom. The van der Waals surface area contributed by atoms with Gasteiger partial charge in [-0.2, -0.15) is 10.2 Å². The second-order valence-electron chi connectivity index (χ2n) is 4.79. The highest BCUT2D eigenvalue weighted by atomic mass is 35.5. The van der Waals surface area contributed by atoms with Crippen LogP contribution in [0.4, 0.5) is 5.82 Å². The Bertz CT molecular complexity index is 765. The summed E-state index contributed by atoms with van der Waals surface area (Å²) in [5.41, 5.74) is 1.15. The Morgan fingerprint density at radius 3 is 2.73 bits per heavy atom. The molecule has 0 bridgehead atoms. The second-order valence-corrected chi connectivity index (χ2v) is 5.22. The maximum absolute atomic E-state index is 11.9. The molecule has 3 rings (SSSR count). The topological polar surface area (TPSA) is 64.7 Å². The Kier molecular flexibility index (Phi) is 4.20. The average molecular weight is 316 g/mol. The number of nitrogens with zero attached hydrogens (tertiary/aromatic N) is 4. The van der Waals surface area contributed by atoms with Crippen LogP contribution in [-0.4, -0.2) is 25.5 Å². The summed E-state index contributed by atoms with van der Waals surface area (Å²) < 4.78 is 3.24. The minimum absolute atomic E-state index is 0.0955. The zero-order valence-electron chi connectivity index (χ0n) is 11.7. The van der Waals surface area contributed by atoms with Gasteiger partial charge in [0.05, 0.1) is 17.8 Å². The van der Waals surface area contributed by atoms with Crippen LogP contribution in [0.5, 0.6) is 0 Å². The summed E-state index contributed by atoms with van der Waals surface area (Å²) >= 11 is 5.75. The third kappa shape index (κ3) is 3.73. The summed E-state index contributed by atoms with van der Waals surface area (Å²) in [6.45, 7) is 0.754. The van der Waals surface area contributed by atoms with E-state index in [0.29, 0.717) is 17.4 Å². The van der Waals surface area contributed by atoms with E-state index in [2.05, 4.69) is 15.5 Å². The predicted octanol–water partition coefficient (Wildman–Crippen LogP) is 2.42. The summed E-state index contributed by atoms with van der Waals surface area (Å²) in [5, 5.41) is 11.5. The summed E-state index contributed by atoms with van der Waals surface area (Å²) in [6.07, 6.45) is 4.91. The highest BCUT2D eigenvalue weighted by molar-refractivity contribution is 6.30. The van der Waals surface area contributed by atoms with Crippen molar-refractivity contribution in [2.45, 2.75) is 13.1 Å². The molecule has 1 N–H and O–H groups in total. The zero-order chi connectivity index (χ0) is 15.4. The lowest BCUT2D eigenvalue weighted by Crippen LogP contribution is -2.19. The molecule has 0 saturated heterocycles. The number of rotatable bonds is 5. The quantitative estimate of drug-likeness (QED) is 0.786. The number of anilines is 1. The van der Waals surface area contributed by atoms with E-state index in [0.717, 1.165) is 5.56 Å². The molecule has 0 aliphatic carbocycles. The normalized spacial score (nSPS) is 10.6. The van der Waals surface area contributed by atoms with Crippen LogP contribution in [0.2, 0.25) is 5.02 Å². The molecule has 1 amide bonds. The van der Waals surface area contributed by atoms with Crippen LogP contribution in [-0.2, 0) is 17.9 Å². The first kappa shape index (κ1) is 14.3. The number of benzene rings is 1. The third-order valence-corrected chi connectivity index (χ3v) is 3.20. The van der Waals surface area contributed by atoms with Crippen LogP contribution in [0.1, 0.15) is 5.56 Å². The Hall–Kier alpha value is -2.60. The lowest BCUT2D eigenvalue weighted by atomic mass is 10.2. The molecule has 0 aliphatic rings. The van der Waals surface area contributed by atoms with E-state index in [1.807, 2.05) is 36.5 Å². The SMILES string of the molecule is O=C(Cn1cc(Cl)cn1)Nc1ccn(Cc2ccccc2)n1. The highest BCUT2D eigenvalue weighted by Gasteiger charge is 2.07. The Labute approximate surface area is 132 Å². The average Bonchev–Trinajstić information content (AvgIpc) is 3.09. The molecule has 0 saturated carbocycles. The summed E-state index contributed by atoms with van der Waals surface area (Å²) in [7, 11) is 0. The van der Waals surface area contributed by atoms with E-state index < -0.39 is 0 Å². The van der Waals surface area contributed by atoms with E-state index in [9.17, 15) is 4.79 Å². The second kappa shape index (κ2) is 6.44. The molecule has 112 valence electrons. The van der Waals surface area contributed by atoms with Crippen molar-refractivity contribution in [3.63, 3.8) is 0 Å². The number of hydrogen-bond acceptors (Lipinski definition) is 3. The lowest BCUT2D eigenvalue weighted by molar-refractivity contribution is -0.116. The molecule has 0 fully saturated rings. The fraction of sp³-hybridized carbons (Fsp3) is 0.133. The van der Waals surface area contributed by atoms with Crippen LogP contribution in [0.15, 0.2) is 55.0 Å². The number of hydrogen-bond donors (Lipinski definition) is 1. The third-order valence-electron chi connectivity index (χ3n) is 3.00. The van der Waals surface area contributed by atoms with Crippen molar-refractivity contribution in [3.05, 3.63) is 65.6 Å². The van der Waals surface area contributed by atoms with Gasteiger partial charge >= 0.3 is 0 Å². The first-order chi connectivity index (χ1) is 10.7. The zero-order valence-corrected chi connectivity index (χ0v) is 12.4. The Balaban J connectivity index is 1.58. The summed E-state index contributed by atoms with van der Waals surface area (Å²) in [6, 6.07) is 11.8. The first-order valence-electron chi connectivity index (χ1n) is 6.74. The smallest absolute Gasteiger partial charge is 0.247 e. The molecule has 0 unspecified atom stereocenters. The number of carbonyl (C=O) groups is 1. The minimum atomic E-state index is -0.204. The van der Waals surface area contributed by atoms with Crippen LogP contribution in [0.3, 0.4) is 0 Å². The lowest BCUT2D eigenvalue weighted by Gasteiger charge is -2.03. The number of halogens is 1. The van der Waals surface area contributed by atoms with Gasteiger partial charge in [-0.1, -0.05) is 41.9 Å². The number of nitrogens with one attached hydrogen (secondary N) is 1. The van der Waals surface area contributed by atoms with Gasteiger partial charge in [0.25, 0.3) is 0 Å². The van der Waals surface area contributed by atoms with Crippen LogP contribution in [0.25, 0.3) is 0 Å². The maximum atomic E-state index is 11.9. The van der Waals surface area contributed by atoms with E-state index in [1.54, 1.807) is 16.9 Å². The van der Waals surface area contributed by atoms with Gasteiger partial charge < -0.3 is 5.32 Å². The van der Waals surface area contributed by atoms with Crippen molar-refractivity contribution >= 4 is 23.3 Å². The summed E-state index contributed by atoms with van der Waals surface area (Å²) in [5.74, 6) is 0.309. The van der Waals surface area contributed by atoms with Crippen molar-refractivity contribution in [2.75, 3.05) is 5.32 Å². The van der Waals surface area contributed by atoms with Crippen molar-refractivity contribution in [1.29, 1.82) is 0 Å². The summed E-state index contributed by atoms with van der Waals surface area (Å²) in [4.78, 5) is 11.9. The fourth-order valence-corrected chi connectivity index (χ4v) is 2.20. The molecule has 0 aliphatic heterocycles. The van der Waals surface area contributed by atoms with E-state index in [-0.39, 0.29) is 12.5 Å². The molecule has 7 heteroatoms. The maximum Gasteiger partial charge on any atom is 0.247 e. The van der Waals surface area contributed by atoms with Gasteiger partial charge in [-0.15, -0.1) is 0 Å². The van der Waals surface area contributed by atoms with Gasteiger partial charge in [0, 0.05) is 18.5 Å². The van der Waals surface area contributed by atoms with Gasteiger partial charge in [0.1, 0.15) is 6.54 Å². The van der Waals surface area contributed by atoms with Gasteiger partial charge in [0.15, 0.2) is 5.82 Å². The van der Waals surface area contributed by atoms with Gasteiger partial charge in [0.2, 0.25) is 5.91 Å². The number of carbonyl (C=O) groups excluding carboxylic acids is 1. The van der Waals surface area contributed by atoms with E-state index in [4.69, 9.17) is 11.6 Å². The largest absolute Gasteiger partial charge is 0.308 e. The molecule has 0 spiro atoms.